The topological polar surface area (TPSA) is 59.1 Å². The largest absolute Gasteiger partial charge is 0.497 e. The van der Waals surface area contributed by atoms with E-state index in [1.165, 1.54) is 24.1 Å². The predicted molar refractivity (Wildman–Crippen MR) is 106 cm³/mol. The van der Waals surface area contributed by atoms with Crippen LogP contribution in [-0.4, -0.2) is 52.6 Å². The lowest BCUT2D eigenvalue weighted by Gasteiger charge is -2.40. The summed E-state index contributed by atoms with van der Waals surface area (Å²) >= 11 is 0. The number of rotatable bonds is 5. The summed E-state index contributed by atoms with van der Waals surface area (Å²) in [6, 6.07) is 13.2. The van der Waals surface area contributed by atoms with Gasteiger partial charge in [0.15, 0.2) is 0 Å². The molecule has 2 aromatic carbocycles. The maximum absolute atomic E-state index is 13.2. The summed E-state index contributed by atoms with van der Waals surface area (Å²) in [6.07, 6.45) is 0. The molecule has 0 radical (unpaired) electrons. The van der Waals surface area contributed by atoms with Crippen LogP contribution in [0.5, 0.6) is 11.5 Å². The number of piperazine rings is 1. The number of benzene rings is 2. The predicted octanol–water partition coefficient (Wildman–Crippen LogP) is 2.91. The van der Waals surface area contributed by atoms with Crippen LogP contribution in [-0.2, 0) is 10.0 Å². The Labute approximate surface area is 161 Å². The Kier molecular flexibility index (Phi) is 5.62. The van der Waals surface area contributed by atoms with E-state index >= 15 is 0 Å². The first-order valence-corrected chi connectivity index (χ1v) is 10.4. The molecule has 7 heteroatoms. The second-order valence-electron chi connectivity index (χ2n) is 6.76. The molecule has 0 bridgehead atoms. The van der Waals surface area contributed by atoms with E-state index in [1.807, 2.05) is 6.92 Å². The molecule has 27 heavy (non-hydrogen) atoms. The van der Waals surface area contributed by atoms with Crippen LogP contribution in [0.25, 0.3) is 0 Å². The molecule has 6 nitrogen and oxygen atoms in total. The van der Waals surface area contributed by atoms with Crippen LogP contribution in [0.15, 0.2) is 47.4 Å². The molecule has 1 heterocycles. The summed E-state index contributed by atoms with van der Waals surface area (Å²) in [6.45, 7) is 5.59. The van der Waals surface area contributed by atoms with Gasteiger partial charge in [-0.15, -0.1) is 0 Å². The Morgan fingerprint density at radius 1 is 1.00 bits per heavy atom. The summed E-state index contributed by atoms with van der Waals surface area (Å²) in [5.41, 5.74) is 2.33. The maximum Gasteiger partial charge on any atom is 0.246 e. The molecular weight excluding hydrogens is 364 g/mol. The molecule has 1 fully saturated rings. The number of ether oxygens (including phenoxy) is 2. The lowest BCUT2D eigenvalue weighted by Crippen LogP contribution is -2.53. The van der Waals surface area contributed by atoms with E-state index in [2.05, 4.69) is 36.1 Å². The molecule has 0 saturated carbocycles. The molecule has 0 aromatic heterocycles. The maximum atomic E-state index is 13.2. The van der Waals surface area contributed by atoms with Gasteiger partial charge in [0, 0.05) is 37.4 Å². The third kappa shape index (κ3) is 3.89. The van der Waals surface area contributed by atoms with Gasteiger partial charge in [-0.05, 0) is 38.1 Å². The molecule has 0 spiro atoms. The van der Waals surface area contributed by atoms with Crippen LogP contribution in [0.4, 0.5) is 5.69 Å². The second kappa shape index (κ2) is 7.78. The zero-order valence-electron chi connectivity index (χ0n) is 16.2. The molecule has 146 valence electrons. The summed E-state index contributed by atoms with van der Waals surface area (Å²) in [5, 5.41) is 0. The molecule has 1 atom stereocenters. The second-order valence-corrected chi connectivity index (χ2v) is 8.66. The van der Waals surface area contributed by atoms with E-state index in [4.69, 9.17) is 9.47 Å². The van der Waals surface area contributed by atoms with Crippen molar-refractivity contribution in [1.29, 1.82) is 0 Å². The number of aryl methyl sites for hydroxylation is 1. The summed E-state index contributed by atoms with van der Waals surface area (Å²) in [7, 11) is -0.648. The third-order valence-electron chi connectivity index (χ3n) is 4.94. The zero-order valence-corrected chi connectivity index (χ0v) is 17.0. The average molecular weight is 391 g/mol. The lowest BCUT2D eigenvalue weighted by atomic mass is 10.1. The van der Waals surface area contributed by atoms with Crippen molar-refractivity contribution in [3.05, 3.63) is 48.0 Å². The van der Waals surface area contributed by atoms with E-state index in [1.54, 1.807) is 18.2 Å². The average Bonchev–Trinajstić information content (AvgIpc) is 2.68. The molecule has 1 unspecified atom stereocenters. The van der Waals surface area contributed by atoms with Gasteiger partial charge in [-0.25, -0.2) is 8.42 Å². The smallest absolute Gasteiger partial charge is 0.246 e. The van der Waals surface area contributed by atoms with Gasteiger partial charge >= 0.3 is 0 Å². The van der Waals surface area contributed by atoms with Gasteiger partial charge in [0.2, 0.25) is 10.0 Å². The van der Waals surface area contributed by atoms with Gasteiger partial charge in [0.25, 0.3) is 0 Å². The monoisotopic (exact) mass is 390 g/mol. The summed E-state index contributed by atoms with van der Waals surface area (Å²) in [5.74, 6) is 0.853. The molecule has 0 aliphatic carbocycles. The van der Waals surface area contributed by atoms with E-state index < -0.39 is 10.0 Å². The Morgan fingerprint density at radius 3 is 2.30 bits per heavy atom. The Balaban J connectivity index is 1.82. The van der Waals surface area contributed by atoms with Crippen molar-refractivity contribution in [1.82, 2.24) is 4.31 Å². The van der Waals surface area contributed by atoms with Crippen molar-refractivity contribution < 1.29 is 17.9 Å². The van der Waals surface area contributed by atoms with Crippen LogP contribution in [0, 0.1) is 6.92 Å². The standard InChI is InChI=1S/C20H26N2O4S/c1-15-5-7-17(8-6-15)22-12-11-21(14-16(22)2)27(23,24)20-10-9-18(25-3)13-19(20)26-4/h5-10,13,16H,11-12,14H2,1-4H3. The minimum atomic E-state index is -3.65. The minimum absolute atomic E-state index is 0.0699. The molecular formula is C20H26N2O4S. The summed E-state index contributed by atoms with van der Waals surface area (Å²) < 4.78 is 38.4. The summed E-state index contributed by atoms with van der Waals surface area (Å²) in [4.78, 5) is 2.42. The molecule has 1 saturated heterocycles. The van der Waals surface area contributed by atoms with Crippen molar-refractivity contribution in [3.8, 4) is 11.5 Å². The quantitative estimate of drug-likeness (QED) is 0.786. The number of hydrogen-bond donors (Lipinski definition) is 0. The fourth-order valence-corrected chi connectivity index (χ4v) is 5.04. The Morgan fingerprint density at radius 2 is 1.70 bits per heavy atom. The lowest BCUT2D eigenvalue weighted by molar-refractivity contribution is 0.338. The Bertz CT molecular complexity index is 897. The van der Waals surface area contributed by atoms with Gasteiger partial charge in [0.1, 0.15) is 16.4 Å². The SMILES string of the molecule is COc1ccc(S(=O)(=O)N2CCN(c3ccc(C)cc3)C(C)C2)c(OC)c1. The van der Waals surface area contributed by atoms with Crippen molar-refractivity contribution in [2.24, 2.45) is 0 Å². The normalized spacial score (nSPS) is 18.4. The third-order valence-corrected chi connectivity index (χ3v) is 6.85. The van der Waals surface area contributed by atoms with Crippen LogP contribution in [0.1, 0.15) is 12.5 Å². The highest BCUT2D eigenvalue weighted by Gasteiger charge is 2.34. The molecule has 0 amide bonds. The molecule has 3 rings (SSSR count). The zero-order chi connectivity index (χ0) is 19.6. The first kappa shape index (κ1) is 19.5. The van der Waals surface area contributed by atoms with Gasteiger partial charge in [-0.2, -0.15) is 4.31 Å². The number of methoxy groups -OCH3 is 2. The number of hydrogen-bond acceptors (Lipinski definition) is 5. The van der Waals surface area contributed by atoms with Gasteiger partial charge in [-0.3, -0.25) is 0 Å². The van der Waals surface area contributed by atoms with Crippen molar-refractivity contribution in [2.75, 3.05) is 38.8 Å². The molecule has 2 aromatic rings. The number of nitrogens with zero attached hydrogens (tertiary/aromatic N) is 2. The van der Waals surface area contributed by atoms with Crippen LogP contribution < -0.4 is 14.4 Å². The van der Waals surface area contributed by atoms with Crippen LogP contribution >= 0.6 is 0 Å². The first-order valence-electron chi connectivity index (χ1n) is 8.92. The number of sulfonamides is 1. The van der Waals surface area contributed by atoms with Crippen LogP contribution in [0.2, 0.25) is 0 Å². The molecule has 1 aliphatic heterocycles. The van der Waals surface area contributed by atoms with Gasteiger partial charge in [-0.1, -0.05) is 17.7 Å². The fraction of sp³-hybridized carbons (Fsp3) is 0.400. The highest BCUT2D eigenvalue weighted by Crippen LogP contribution is 2.32. The molecule has 0 N–H and O–H groups in total. The van der Waals surface area contributed by atoms with E-state index in [0.717, 1.165) is 5.69 Å². The Hall–Kier alpha value is -2.25. The highest BCUT2D eigenvalue weighted by molar-refractivity contribution is 7.89. The first-order chi connectivity index (χ1) is 12.9. The van der Waals surface area contributed by atoms with Crippen molar-refractivity contribution in [3.63, 3.8) is 0 Å². The van der Waals surface area contributed by atoms with Crippen LogP contribution in [0.3, 0.4) is 0 Å². The van der Waals surface area contributed by atoms with Gasteiger partial charge in [0.05, 0.1) is 14.2 Å². The highest BCUT2D eigenvalue weighted by atomic mass is 32.2. The fourth-order valence-electron chi connectivity index (χ4n) is 3.39. The van der Waals surface area contributed by atoms with Crippen molar-refractivity contribution in [2.45, 2.75) is 24.8 Å². The van der Waals surface area contributed by atoms with E-state index in [9.17, 15) is 8.42 Å². The van der Waals surface area contributed by atoms with E-state index in [0.29, 0.717) is 31.1 Å². The van der Waals surface area contributed by atoms with Gasteiger partial charge < -0.3 is 14.4 Å². The minimum Gasteiger partial charge on any atom is -0.497 e. The van der Waals surface area contributed by atoms with E-state index in [-0.39, 0.29) is 10.9 Å². The molecule has 1 aliphatic rings. The number of anilines is 1. The van der Waals surface area contributed by atoms with Crippen molar-refractivity contribution >= 4 is 15.7 Å².